The molecular weight excluding hydrogens is 527 g/mol. The van der Waals surface area contributed by atoms with Gasteiger partial charge in [0.1, 0.15) is 24.0 Å². The summed E-state index contributed by atoms with van der Waals surface area (Å²) in [6.45, 7) is 0.235. The largest absolute Gasteiger partial charge is 0.544 e. The van der Waals surface area contributed by atoms with Gasteiger partial charge in [0.15, 0.2) is 0 Å². The molecule has 0 bridgehead atoms. The third-order valence-corrected chi connectivity index (χ3v) is 6.20. The molecule has 11 nitrogen and oxygen atoms in total. The summed E-state index contributed by atoms with van der Waals surface area (Å²) in [6.07, 6.45) is -7.67. The van der Waals surface area contributed by atoms with Crippen LogP contribution in [0.4, 0.5) is 4.39 Å². The number of rotatable bonds is 10. The van der Waals surface area contributed by atoms with Gasteiger partial charge in [-0.3, -0.25) is 9.59 Å². The predicted molar refractivity (Wildman–Crippen MR) is 128 cm³/mol. The summed E-state index contributed by atoms with van der Waals surface area (Å²) in [7, 11) is 0. The molecule has 0 aliphatic carbocycles. The fourth-order valence-electron chi connectivity index (χ4n) is 3.96. The number of aliphatic hydroxyl groups excluding tert-OH is 3. The molecular formula is C25H27ClFN2O9-. The zero-order chi connectivity index (χ0) is 28.0. The van der Waals surface area contributed by atoms with Crippen molar-refractivity contribution < 1.29 is 48.7 Å². The second-order valence-electron chi connectivity index (χ2n) is 8.81. The molecule has 2 amide bonds. The van der Waals surface area contributed by atoms with Crippen molar-refractivity contribution in [1.82, 2.24) is 10.6 Å². The molecule has 2 aromatic rings. The number of amides is 2. The van der Waals surface area contributed by atoms with E-state index in [0.717, 1.165) is 19.1 Å². The lowest BCUT2D eigenvalue weighted by atomic mass is 9.88. The zero-order valence-electron chi connectivity index (χ0n) is 20.2. The van der Waals surface area contributed by atoms with Gasteiger partial charge in [-0.1, -0.05) is 23.7 Å². The second kappa shape index (κ2) is 12.6. The fourth-order valence-corrected chi connectivity index (χ4v) is 4.09. The van der Waals surface area contributed by atoms with Crippen molar-refractivity contribution in [2.24, 2.45) is 0 Å². The van der Waals surface area contributed by atoms with E-state index >= 15 is 0 Å². The van der Waals surface area contributed by atoms with Crippen molar-refractivity contribution in [3.05, 3.63) is 70.5 Å². The summed E-state index contributed by atoms with van der Waals surface area (Å²) in [6, 6.07) is 9.47. The van der Waals surface area contributed by atoms with Crippen LogP contribution < -0.4 is 15.7 Å². The third kappa shape index (κ3) is 7.25. The van der Waals surface area contributed by atoms with Crippen molar-refractivity contribution in [3.63, 3.8) is 0 Å². The monoisotopic (exact) mass is 553 g/mol. The Bertz CT molecular complexity index is 1130. The van der Waals surface area contributed by atoms with Crippen LogP contribution in [-0.4, -0.2) is 75.9 Å². The molecule has 206 valence electrons. The van der Waals surface area contributed by atoms with E-state index in [0.29, 0.717) is 10.6 Å². The third-order valence-electron chi connectivity index (χ3n) is 5.95. The Balaban J connectivity index is 1.78. The minimum atomic E-state index is -2.60. The number of hydrogen-bond acceptors (Lipinski definition) is 9. The molecule has 0 spiro atoms. The fraction of sp³-hybridized carbons (Fsp3) is 0.400. The van der Waals surface area contributed by atoms with E-state index in [4.69, 9.17) is 21.1 Å². The summed E-state index contributed by atoms with van der Waals surface area (Å²) in [4.78, 5) is 36.2. The van der Waals surface area contributed by atoms with Crippen LogP contribution in [0.3, 0.4) is 0 Å². The van der Waals surface area contributed by atoms with Gasteiger partial charge in [0.2, 0.25) is 11.7 Å². The number of carboxylic acid groups (broad SMARTS) is 1. The highest BCUT2D eigenvalue weighted by Crippen LogP contribution is 2.33. The average Bonchev–Trinajstić information content (AvgIpc) is 2.87. The van der Waals surface area contributed by atoms with Crippen LogP contribution in [0, 0.1) is 5.82 Å². The smallest absolute Gasteiger partial charge is 0.251 e. The first-order valence-electron chi connectivity index (χ1n) is 11.5. The molecule has 0 aromatic heterocycles. The number of hydrogen-bond donors (Lipinski definition) is 5. The van der Waals surface area contributed by atoms with Gasteiger partial charge in [-0.05, 0) is 42.0 Å². The predicted octanol–water partition coefficient (Wildman–Crippen LogP) is -0.752. The summed E-state index contributed by atoms with van der Waals surface area (Å²) < 4.78 is 24.2. The summed E-state index contributed by atoms with van der Waals surface area (Å²) in [5.41, 5.74) is 0.595. The molecule has 0 radical (unpaired) electrons. The first-order chi connectivity index (χ1) is 17.9. The van der Waals surface area contributed by atoms with Crippen molar-refractivity contribution in [3.8, 4) is 0 Å². The average molecular weight is 554 g/mol. The quantitative estimate of drug-likeness (QED) is 0.253. The van der Waals surface area contributed by atoms with E-state index in [9.17, 15) is 39.2 Å². The van der Waals surface area contributed by atoms with Crippen LogP contribution >= 0.6 is 11.6 Å². The number of aliphatic hydroxyl groups is 3. The highest BCUT2D eigenvalue weighted by atomic mass is 35.5. The second-order valence-corrected chi connectivity index (χ2v) is 9.25. The molecule has 1 heterocycles. The minimum absolute atomic E-state index is 0.224. The zero-order valence-corrected chi connectivity index (χ0v) is 20.9. The number of aliphatic carboxylic acids is 1. The molecule has 38 heavy (non-hydrogen) atoms. The molecule has 1 saturated heterocycles. The molecule has 1 aliphatic heterocycles. The molecule has 3 rings (SSSR count). The minimum Gasteiger partial charge on any atom is -0.544 e. The van der Waals surface area contributed by atoms with Crippen LogP contribution in [0.5, 0.6) is 0 Å². The molecule has 6 atom stereocenters. The summed E-state index contributed by atoms with van der Waals surface area (Å²) >= 11 is 5.80. The van der Waals surface area contributed by atoms with E-state index in [-0.39, 0.29) is 5.56 Å². The molecule has 0 unspecified atom stereocenters. The molecule has 13 heteroatoms. The van der Waals surface area contributed by atoms with Crippen LogP contribution in [0.15, 0.2) is 48.5 Å². The molecule has 1 fully saturated rings. The van der Waals surface area contributed by atoms with Gasteiger partial charge < -0.3 is 45.3 Å². The van der Waals surface area contributed by atoms with Crippen molar-refractivity contribution >= 4 is 29.4 Å². The number of halogens is 2. The topological polar surface area (TPSA) is 177 Å². The number of carbonyl (C=O) groups excluding carboxylic acids is 3. The lowest BCUT2D eigenvalue weighted by Crippen LogP contribution is -2.69. The maximum absolute atomic E-state index is 13.2. The Morgan fingerprint density at radius 1 is 1.18 bits per heavy atom. The maximum atomic E-state index is 13.2. The Morgan fingerprint density at radius 3 is 2.39 bits per heavy atom. The number of carboxylic acids is 1. The van der Waals surface area contributed by atoms with Crippen LogP contribution in [0.1, 0.15) is 29.3 Å². The lowest BCUT2D eigenvalue weighted by molar-refractivity contribution is -0.383. The Kier molecular flexibility index (Phi) is 9.77. The van der Waals surface area contributed by atoms with Crippen molar-refractivity contribution in [1.29, 1.82) is 0 Å². The van der Waals surface area contributed by atoms with E-state index in [1.54, 1.807) is 0 Å². The molecule has 0 saturated carbocycles. The van der Waals surface area contributed by atoms with E-state index < -0.39 is 79.4 Å². The van der Waals surface area contributed by atoms with Gasteiger partial charge in [0, 0.05) is 30.5 Å². The van der Waals surface area contributed by atoms with Gasteiger partial charge in [-0.2, -0.15) is 0 Å². The van der Waals surface area contributed by atoms with Gasteiger partial charge in [0.05, 0.1) is 24.9 Å². The molecule has 5 N–H and O–H groups in total. The first-order valence-corrected chi connectivity index (χ1v) is 11.9. The normalized spacial score (nSPS) is 24.7. The summed E-state index contributed by atoms with van der Waals surface area (Å²) in [5, 5.41) is 49.5. The van der Waals surface area contributed by atoms with Gasteiger partial charge in [0.25, 0.3) is 5.91 Å². The van der Waals surface area contributed by atoms with Gasteiger partial charge in [-0.15, -0.1) is 0 Å². The van der Waals surface area contributed by atoms with Crippen LogP contribution in [0.2, 0.25) is 5.02 Å². The molecule has 2 aromatic carbocycles. The van der Waals surface area contributed by atoms with Crippen LogP contribution in [-0.2, 0) is 25.7 Å². The molecule has 1 aliphatic rings. The number of ether oxygens (including phenoxy) is 2. The lowest BCUT2D eigenvalue weighted by Gasteiger charge is -2.48. The van der Waals surface area contributed by atoms with E-state index in [1.807, 2.05) is 0 Å². The van der Waals surface area contributed by atoms with E-state index in [2.05, 4.69) is 10.6 Å². The maximum Gasteiger partial charge on any atom is 0.251 e. The first kappa shape index (κ1) is 29.4. The van der Waals surface area contributed by atoms with Crippen molar-refractivity contribution in [2.45, 2.75) is 56.2 Å². The Hall–Kier alpha value is -3.13. The highest BCUT2D eigenvalue weighted by Gasteiger charge is 2.52. The summed E-state index contributed by atoms with van der Waals surface area (Å²) in [5.74, 6) is -6.23. The Labute approximate surface area is 222 Å². The van der Waals surface area contributed by atoms with E-state index in [1.165, 1.54) is 36.4 Å². The SMILES string of the molecule is CC(=O)N[C@H]1[C@H]([C@H](O)[C@H](O)CNC(=O)c2ccc(Cl)cc2)O[C@](OCc2ccc(F)cc2)(C(=O)[O-])C[C@@H]1O. The Morgan fingerprint density at radius 2 is 1.82 bits per heavy atom. The highest BCUT2D eigenvalue weighted by molar-refractivity contribution is 6.30. The van der Waals surface area contributed by atoms with Crippen LogP contribution in [0.25, 0.3) is 0 Å². The van der Waals surface area contributed by atoms with Gasteiger partial charge >= 0.3 is 0 Å². The van der Waals surface area contributed by atoms with Gasteiger partial charge in [-0.25, -0.2) is 4.39 Å². The number of carbonyl (C=O) groups is 3. The standard InChI is InChI=1S/C25H28ClFN2O9/c1-13(30)29-20-18(31)10-25(24(35)36,37-12-14-2-8-17(27)9-3-14)38-22(20)21(33)19(32)11-28-23(34)15-4-6-16(26)7-5-15/h2-9,18-22,31-33H,10-12H2,1H3,(H,28,34)(H,29,30)(H,35,36)/p-1/t18-,19+,20+,21+,22+,25-/m0/s1. The van der Waals surface area contributed by atoms with Crippen molar-refractivity contribution in [2.75, 3.05) is 6.54 Å². The number of nitrogens with one attached hydrogen (secondary N) is 2. The number of benzene rings is 2.